The van der Waals surface area contributed by atoms with Crippen LogP contribution in [0, 0.1) is 0 Å². The summed E-state index contributed by atoms with van der Waals surface area (Å²) in [6.07, 6.45) is 3.33. The molecule has 0 saturated carbocycles. The Labute approximate surface area is 123 Å². The van der Waals surface area contributed by atoms with Crippen LogP contribution in [0.2, 0.25) is 0 Å². The molecule has 1 amide bonds. The molecule has 1 saturated heterocycles. The van der Waals surface area contributed by atoms with E-state index in [-0.39, 0.29) is 18.2 Å². The molecule has 0 bridgehead atoms. The van der Waals surface area contributed by atoms with E-state index < -0.39 is 5.60 Å². The fraction of sp³-hybridized carbons (Fsp3) is 0.933. The third-order valence-electron chi connectivity index (χ3n) is 3.84. The van der Waals surface area contributed by atoms with Crippen LogP contribution in [-0.2, 0) is 4.74 Å². The second-order valence-electron chi connectivity index (χ2n) is 6.82. The summed E-state index contributed by atoms with van der Waals surface area (Å²) in [5, 5.41) is 2.92. The normalized spacial score (nSPS) is 24.0. The van der Waals surface area contributed by atoms with E-state index in [4.69, 9.17) is 10.5 Å². The highest BCUT2D eigenvalue weighted by Gasteiger charge is 2.30. The van der Waals surface area contributed by atoms with Crippen molar-refractivity contribution in [2.75, 3.05) is 13.1 Å². The van der Waals surface area contributed by atoms with Gasteiger partial charge in [0.25, 0.3) is 0 Å². The smallest absolute Gasteiger partial charge is 0.407 e. The summed E-state index contributed by atoms with van der Waals surface area (Å²) < 4.78 is 5.31. The second-order valence-corrected chi connectivity index (χ2v) is 6.82. The van der Waals surface area contributed by atoms with E-state index in [9.17, 15) is 4.79 Å². The first-order valence-electron chi connectivity index (χ1n) is 7.70. The summed E-state index contributed by atoms with van der Waals surface area (Å²) in [7, 11) is 0. The van der Waals surface area contributed by atoms with Crippen LogP contribution in [0.4, 0.5) is 4.79 Å². The largest absolute Gasteiger partial charge is 0.444 e. The van der Waals surface area contributed by atoms with Crippen molar-refractivity contribution >= 4 is 6.09 Å². The Bertz CT molecular complexity index is 315. The van der Waals surface area contributed by atoms with Crippen LogP contribution >= 0.6 is 0 Å². The van der Waals surface area contributed by atoms with Crippen molar-refractivity contribution in [3.63, 3.8) is 0 Å². The molecule has 3 unspecified atom stereocenters. The molecule has 3 N–H and O–H groups in total. The Morgan fingerprint density at radius 3 is 2.60 bits per heavy atom. The number of hydrogen-bond donors (Lipinski definition) is 2. The van der Waals surface area contributed by atoms with Gasteiger partial charge in [0, 0.05) is 24.7 Å². The van der Waals surface area contributed by atoms with Crippen molar-refractivity contribution < 1.29 is 9.53 Å². The highest BCUT2D eigenvalue weighted by Crippen LogP contribution is 2.20. The molecule has 1 heterocycles. The summed E-state index contributed by atoms with van der Waals surface area (Å²) in [6, 6.07) is 0.674. The number of rotatable bonds is 4. The molecule has 1 aliphatic heterocycles. The second kappa shape index (κ2) is 7.27. The van der Waals surface area contributed by atoms with Gasteiger partial charge in [0.1, 0.15) is 5.60 Å². The Hall–Kier alpha value is -0.810. The van der Waals surface area contributed by atoms with E-state index >= 15 is 0 Å². The van der Waals surface area contributed by atoms with E-state index in [0.717, 1.165) is 6.54 Å². The Balaban J connectivity index is 2.58. The highest BCUT2D eigenvalue weighted by molar-refractivity contribution is 5.68. The zero-order valence-corrected chi connectivity index (χ0v) is 13.6. The fourth-order valence-corrected chi connectivity index (χ4v) is 2.83. The molecule has 0 aromatic heterocycles. The molecule has 1 fully saturated rings. The third kappa shape index (κ3) is 5.29. The molecule has 0 spiro atoms. The number of nitrogens with two attached hydrogens (primary N) is 1. The van der Waals surface area contributed by atoms with Crippen molar-refractivity contribution in [1.82, 2.24) is 10.2 Å². The van der Waals surface area contributed by atoms with Gasteiger partial charge < -0.3 is 15.8 Å². The molecule has 0 radical (unpaired) electrons. The van der Waals surface area contributed by atoms with Gasteiger partial charge in [0.2, 0.25) is 0 Å². The lowest BCUT2D eigenvalue weighted by molar-refractivity contribution is 0.0422. The average molecular weight is 285 g/mol. The van der Waals surface area contributed by atoms with Gasteiger partial charge in [-0.3, -0.25) is 4.90 Å². The average Bonchev–Trinajstić information content (AvgIpc) is 2.29. The molecular weight excluding hydrogens is 254 g/mol. The molecule has 118 valence electrons. The molecule has 5 heteroatoms. The van der Waals surface area contributed by atoms with Gasteiger partial charge in [0.15, 0.2) is 0 Å². The van der Waals surface area contributed by atoms with E-state index in [2.05, 4.69) is 17.1 Å². The zero-order valence-electron chi connectivity index (χ0n) is 13.6. The van der Waals surface area contributed by atoms with Crippen LogP contribution in [0.1, 0.15) is 53.9 Å². The van der Waals surface area contributed by atoms with Crippen molar-refractivity contribution in [3.8, 4) is 0 Å². The van der Waals surface area contributed by atoms with Gasteiger partial charge in [-0.1, -0.05) is 6.42 Å². The molecular formula is C15H31N3O2. The summed E-state index contributed by atoms with van der Waals surface area (Å²) in [4.78, 5) is 14.3. The summed E-state index contributed by atoms with van der Waals surface area (Å²) in [5.74, 6) is 0. The third-order valence-corrected chi connectivity index (χ3v) is 3.84. The minimum atomic E-state index is -0.472. The number of piperidine rings is 1. The van der Waals surface area contributed by atoms with Crippen molar-refractivity contribution in [2.45, 2.75) is 77.6 Å². The quantitative estimate of drug-likeness (QED) is 0.830. The maximum atomic E-state index is 11.9. The van der Waals surface area contributed by atoms with Crippen LogP contribution in [0.25, 0.3) is 0 Å². The number of nitrogens with zero attached hydrogens (tertiary/aromatic N) is 1. The molecule has 3 atom stereocenters. The number of hydrogen-bond acceptors (Lipinski definition) is 4. The van der Waals surface area contributed by atoms with Gasteiger partial charge in [-0.05, 0) is 54.0 Å². The minimum absolute atomic E-state index is 0.0181. The van der Waals surface area contributed by atoms with Gasteiger partial charge in [-0.15, -0.1) is 0 Å². The number of carbonyl (C=O) groups excluding carboxylic acids is 1. The molecule has 20 heavy (non-hydrogen) atoms. The van der Waals surface area contributed by atoms with Crippen LogP contribution in [0.15, 0.2) is 0 Å². The van der Waals surface area contributed by atoms with E-state index in [1.165, 1.54) is 19.3 Å². The molecule has 5 nitrogen and oxygen atoms in total. The lowest BCUT2D eigenvalue weighted by Crippen LogP contribution is -2.57. The standard InChI is InChI=1S/C15H31N3O2/c1-11-8-6-7-9-18(11)13(10-16)12(2)17-14(19)20-15(3,4)5/h11-13H,6-10,16H2,1-5H3,(H,17,19). The number of amides is 1. The fourth-order valence-electron chi connectivity index (χ4n) is 2.83. The lowest BCUT2D eigenvalue weighted by Gasteiger charge is -2.42. The van der Waals surface area contributed by atoms with Crippen LogP contribution in [-0.4, -0.2) is 47.8 Å². The Morgan fingerprint density at radius 1 is 1.45 bits per heavy atom. The SMILES string of the molecule is CC(NC(=O)OC(C)(C)C)C(CN)N1CCCCC1C. The lowest BCUT2D eigenvalue weighted by atomic mass is 9.98. The van der Waals surface area contributed by atoms with Gasteiger partial charge in [0.05, 0.1) is 0 Å². The van der Waals surface area contributed by atoms with Crippen LogP contribution in [0.5, 0.6) is 0 Å². The number of likely N-dealkylation sites (tertiary alicyclic amines) is 1. The topological polar surface area (TPSA) is 67.6 Å². The highest BCUT2D eigenvalue weighted by atomic mass is 16.6. The Kier molecular flexibility index (Phi) is 6.27. The number of alkyl carbamates (subject to hydrolysis) is 1. The first-order valence-corrected chi connectivity index (χ1v) is 7.70. The number of ether oxygens (including phenoxy) is 1. The molecule has 1 aliphatic rings. The first kappa shape index (κ1) is 17.2. The van der Waals surface area contributed by atoms with Crippen molar-refractivity contribution in [2.24, 2.45) is 5.73 Å². The molecule has 0 aromatic rings. The van der Waals surface area contributed by atoms with Gasteiger partial charge in [-0.25, -0.2) is 4.79 Å². The molecule has 0 aliphatic carbocycles. The maximum Gasteiger partial charge on any atom is 0.407 e. The van der Waals surface area contributed by atoms with Crippen LogP contribution < -0.4 is 11.1 Å². The minimum Gasteiger partial charge on any atom is -0.444 e. The maximum absolute atomic E-state index is 11.9. The monoisotopic (exact) mass is 285 g/mol. The van der Waals surface area contributed by atoms with Gasteiger partial charge in [-0.2, -0.15) is 0 Å². The summed E-state index contributed by atoms with van der Waals surface area (Å²) in [5.41, 5.74) is 5.46. The Morgan fingerprint density at radius 2 is 2.10 bits per heavy atom. The van der Waals surface area contributed by atoms with Crippen LogP contribution in [0.3, 0.4) is 0 Å². The van der Waals surface area contributed by atoms with Gasteiger partial charge >= 0.3 is 6.09 Å². The number of carbonyl (C=O) groups is 1. The van der Waals surface area contributed by atoms with E-state index in [0.29, 0.717) is 12.6 Å². The molecule has 0 aromatic carbocycles. The van der Waals surface area contributed by atoms with E-state index in [1.807, 2.05) is 27.7 Å². The zero-order chi connectivity index (χ0) is 15.3. The van der Waals surface area contributed by atoms with E-state index in [1.54, 1.807) is 0 Å². The van der Waals surface area contributed by atoms with Crippen molar-refractivity contribution in [3.05, 3.63) is 0 Å². The predicted octanol–water partition coefficient (Wildman–Crippen LogP) is 2.10. The summed E-state index contributed by atoms with van der Waals surface area (Å²) >= 11 is 0. The predicted molar refractivity (Wildman–Crippen MR) is 81.7 cm³/mol. The first-order chi connectivity index (χ1) is 9.24. The summed E-state index contributed by atoms with van der Waals surface area (Å²) in [6.45, 7) is 11.4. The number of nitrogens with one attached hydrogen (secondary N) is 1. The van der Waals surface area contributed by atoms with Crippen molar-refractivity contribution in [1.29, 1.82) is 0 Å². The molecule has 1 rings (SSSR count).